The molecule has 3 heterocycles. The van der Waals surface area contributed by atoms with Crippen LogP contribution >= 0.6 is 23.2 Å². The summed E-state index contributed by atoms with van der Waals surface area (Å²) < 4.78 is 22.4. The van der Waals surface area contributed by atoms with Crippen LogP contribution in [0.1, 0.15) is 11.3 Å². The maximum Gasteiger partial charge on any atom is 0.247 e. The third-order valence-electron chi connectivity index (χ3n) is 5.86. The molecule has 0 radical (unpaired) electrons. The molecule has 0 bridgehead atoms. The van der Waals surface area contributed by atoms with Gasteiger partial charge in [0.25, 0.3) is 0 Å². The van der Waals surface area contributed by atoms with E-state index in [1.54, 1.807) is 19.4 Å². The number of pyridine rings is 1. The first-order chi connectivity index (χ1) is 17.8. The number of nitrogens with one attached hydrogen (secondary N) is 1. The maximum atomic E-state index is 14.1. The molecule has 0 saturated carbocycles. The standard InChI is InChI=1S/C26H21Cl2FN6O2/c1-15-24-18(16-6-8-17(37-2)9-7-16)10-11-30-26(24)35(32-15)14-23(36)31-25-21(28)13-34(33-25)12-19-20(27)4-3-5-22(19)29/h3-11,13H,12,14H2,1-2H3,(H,31,33,36). The fourth-order valence-corrected chi connectivity index (χ4v) is 4.54. The fourth-order valence-electron chi connectivity index (χ4n) is 4.12. The van der Waals surface area contributed by atoms with Gasteiger partial charge in [-0.15, -0.1) is 0 Å². The van der Waals surface area contributed by atoms with E-state index in [1.807, 2.05) is 37.3 Å². The lowest BCUT2D eigenvalue weighted by Crippen LogP contribution is -2.20. The van der Waals surface area contributed by atoms with Gasteiger partial charge in [0.1, 0.15) is 23.1 Å². The minimum absolute atomic E-state index is 0.0577. The topological polar surface area (TPSA) is 86.9 Å². The zero-order chi connectivity index (χ0) is 26.1. The molecule has 3 aromatic heterocycles. The van der Waals surface area contributed by atoms with Crippen LogP contribution in [-0.4, -0.2) is 37.6 Å². The summed E-state index contributed by atoms with van der Waals surface area (Å²) in [6, 6.07) is 14.1. The van der Waals surface area contributed by atoms with Gasteiger partial charge in [-0.2, -0.15) is 10.2 Å². The fraction of sp³-hybridized carbons (Fsp3) is 0.154. The Morgan fingerprint density at radius 1 is 1.08 bits per heavy atom. The molecule has 0 aliphatic carbocycles. The molecule has 0 unspecified atom stereocenters. The van der Waals surface area contributed by atoms with Crippen LogP contribution in [0.3, 0.4) is 0 Å². The first-order valence-electron chi connectivity index (χ1n) is 11.3. The molecular weight excluding hydrogens is 518 g/mol. The Balaban J connectivity index is 1.36. The number of fused-ring (bicyclic) bond motifs is 1. The van der Waals surface area contributed by atoms with Gasteiger partial charge in [0.05, 0.1) is 19.3 Å². The SMILES string of the molecule is COc1ccc(-c2ccnc3c2c(C)nn3CC(=O)Nc2nn(Cc3c(F)cccc3Cl)cc2Cl)cc1. The predicted molar refractivity (Wildman–Crippen MR) is 141 cm³/mol. The summed E-state index contributed by atoms with van der Waals surface area (Å²) in [5, 5.41) is 12.9. The Morgan fingerprint density at radius 3 is 2.59 bits per heavy atom. The second-order valence-corrected chi connectivity index (χ2v) is 9.11. The van der Waals surface area contributed by atoms with E-state index in [9.17, 15) is 9.18 Å². The molecule has 0 aliphatic heterocycles. The first kappa shape index (κ1) is 24.7. The van der Waals surface area contributed by atoms with E-state index in [-0.39, 0.29) is 34.5 Å². The predicted octanol–water partition coefficient (Wildman–Crippen LogP) is 5.74. The number of aryl methyl sites for hydroxylation is 1. The van der Waals surface area contributed by atoms with Crippen LogP contribution in [0.15, 0.2) is 60.9 Å². The lowest BCUT2D eigenvalue weighted by Gasteiger charge is -2.07. The molecule has 188 valence electrons. The Labute approximate surface area is 221 Å². The van der Waals surface area contributed by atoms with Gasteiger partial charge in [-0.3, -0.25) is 9.48 Å². The lowest BCUT2D eigenvalue weighted by molar-refractivity contribution is -0.116. The number of carbonyl (C=O) groups is 1. The highest BCUT2D eigenvalue weighted by atomic mass is 35.5. The number of methoxy groups -OCH3 is 1. The van der Waals surface area contributed by atoms with Gasteiger partial charge >= 0.3 is 0 Å². The first-order valence-corrected chi connectivity index (χ1v) is 12.0. The van der Waals surface area contributed by atoms with Crippen LogP contribution in [0.25, 0.3) is 22.2 Å². The molecule has 1 amide bonds. The molecule has 5 aromatic rings. The third-order valence-corrected chi connectivity index (χ3v) is 6.49. The smallest absolute Gasteiger partial charge is 0.247 e. The van der Waals surface area contributed by atoms with Gasteiger partial charge in [-0.05, 0) is 48.4 Å². The summed E-state index contributed by atoms with van der Waals surface area (Å²) in [5.41, 5.74) is 3.52. The number of nitrogens with zero attached hydrogens (tertiary/aromatic N) is 5. The zero-order valence-corrected chi connectivity index (χ0v) is 21.4. The molecule has 0 fully saturated rings. The Kier molecular flexibility index (Phi) is 6.82. The normalized spacial score (nSPS) is 11.2. The number of ether oxygens (including phenoxy) is 1. The molecule has 0 aliphatic rings. The molecule has 0 spiro atoms. The van der Waals surface area contributed by atoms with Crippen LogP contribution in [0, 0.1) is 12.7 Å². The number of carbonyl (C=O) groups excluding carboxylic acids is 1. The Hall–Kier alpha value is -3.95. The van der Waals surface area contributed by atoms with E-state index < -0.39 is 11.7 Å². The van der Waals surface area contributed by atoms with E-state index in [0.717, 1.165) is 28.0 Å². The largest absolute Gasteiger partial charge is 0.497 e. The molecule has 2 aromatic carbocycles. The Morgan fingerprint density at radius 2 is 1.86 bits per heavy atom. The van der Waals surface area contributed by atoms with Crippen LogP contribution < -0.4 is 10.1 Å². The van der Waals surface area contributed by atoms with Crippen molar-refractivity contribution in [3.05, 3.63) is 88.0 Å². The van der Waals surface area contributed by atoms with E-state index in [2.05, 4.69) is 20.5 Å². The van der Waals surface area contributed by atoms with Gasteiger partial charge in [0, 0.05) is 28.4 Å². The number of anilines is 1. The monoisotopic (exact) mass is 538 g/mol. The average Bonchev–Trinajstić information content (AvgIpc) is 3.39. The van der Waals surface area contributed by atoms with Crippen molar-refractivity contribution in [2.45, 2.75) is 20.0 Å². The highest BCUT2D eigenvalue weighted by Gasteiger charge is 2.18. The van der Waals surface area contributed by atoms with Crippen molar-refractivity contribution in [3.63, 3.8) is 0 Å². The van der Waals surface area contributed by atoms with E-state index in [1.165, 1.54) is 27.7 Å². The molecule has 11 heteroatoms. The number of aromatic nitrogens is 5. The van der Waals surface area contributed by atoms with Crippen molar-refractivity contribution in [1.29, 1.82) is 0 Å². The summed E-state index contributed by atoms with van der Waals surface area (Å²) in [5.74, 6) is 0.0692. The van der Waals surface area contributed by atoms with Gasteiger partial charge in [-0.1, -0.05) is 41.4 Å². The average molecular weight is 539 g/mol. The van der Waals surface area contributed by atoms with Crippen molar-refractivity contribution in [3.8, 4) is 16.9 Å². The van der Waals surface area contributed by atoms with Crippen LogP contribution in [0.2, 0.25) is 10.0 Å². The van der Waals surface area contributed by atoms with E-state index >= 15 is 0 Å². The van der Waals surface area contributed by atoms with Crippen molar-refractivity contribution in [2.24, 2.45) is 0 Å². The molecule has 0 atom stereocenters. The minimum Gasteiger partial charge on any atom is -0.497 e. The minimum atomic E-state index is -0.452. The summed E-state index contributed by atoms with van der Waals surface area (Å²) >= 11 is 12.4. The summed E-state index contributed by atoms with van der Waals surface area (Å²) in [6.07, 6.45) is 3.18. The number of halogens is 3. The van der Waals surface area contributed by atoms with Crippen molar-refractivity contribution in [2.75, 3.05) is 12.4 Å². The molecule has 0 saturated heterocycles. The number of benzene rings is 2. The second kappa shape index (κ2) is 10.2. The van der Waals surface area contributed by atoms with Crippen molar-refractivity contribution >= 4 is 46.0 Å². The summed E-state index contributed by atoms with van der Waals surface area (Å²) in [4.78, 5) is 17.4. The number of hydrogen-bond acceptors (Lipinski definition) is 5. The number of hydrogen-bond donors (Lipinski definition) is 1. The van der Waals surface area contributed by atoms with Crippen LogP contribution in [-0.2, 0) is 17.9 Å². The highest BCUT2D eigenvalue weighted by molar-refractivity contribution is 6.33. The van der Waals surface area contributed by atoms with Crippen molar-refractivity contribution in [1.82, 2.24) is 24.5 Å². The molecular formula is C26H21Cl2FN6O2. The van der Waals surface area contributed by atoms with Crippen LogP contribution in [0.5, 0.6) is 5.75 Å². The molecule has 8 nitrogen and oxygen atoms in total. The second-order valence-electron chi connectivity index (χ2n) is 8.30. The van der Waals surface area contributed by atoms with Crippen molar-refractivity contribution < 1.29 is 13.9 Å². The quantitative estimate of drug-likeness (QED) is 0.285. The molecule has 5 rings (SSSR count). The lowest BCUT2D eigenvalue weighted by atomic mass is 10.0. The number of rotatable bonds is 7. The third kappa shape index (κ3) is 5.00. The Bertz CT molecular complexity index is 1590. The highest BCUT2D eigenvalue weighted by Crippen LogP contribution is 2.31. The van der Waals surface area contributed by atoms with Gasteiger partial charge < -0.3 is 10.1 Å². The molecule has 37 heavy (non-hydrogen) atoms. The van der Waals surface area contributed by atoms with E-state index in [4.69, 9.17) is 27.9 Å². The van der Waals surface area contributed by atoms with E-state index in [0.29, 0.717) is 5.65 Å². The van der Waals surface area contributed by atoms with Gasteiger partial charge in [0.15, 0.2) is 11.5 Å². The molecule has 1 N–H and O–H groups in total. The van der Waals surface area contributed by atoms with Gasteiger partial charge in [0.2, 0.25) is 5.91 Å². The number of amides is 1. The zero-order valence-electron chi connectivity index (χ0n) is 19.9. The summed E-state index contributed by atoms with van der Waals surface area (Å²) in [7, 11) is 1.62. The van der Waals surface area contributed by atoms with Gasteiger partial charge in [-0.25, -0.2) is 14.1 Å². The maximum absolute atomic E-state index is 14.1. The summed E-state index contributed by atoms with van der Waals surface area (Å²) in [6.45, 7) is 1.83. The van der Waals surface area contributed by atoms with Crippen LogP contribution in [0.4, 0.5) is 10.2 Å².